The first-order valence-corrected chi connectivity index (χ1v) is 11.7. The van der Waals surface area contributed by atoms with Gasteiger partial charge in [0.1, 0.15) is 11.4 Å². The molecule has 0 bridgehead atoms. The lowest BCUT2D eigenvalue weighted by Gasteiger charge is -2.26. The zero-order valence-corrected chi connectivity index (χ0v) is 19.6. The molecule has 2 nitrogen and oxygen atoms in total. The van der Waals surface area contributed by atoms with Crippen LogP contribution in [0.15, 0.2) is 133 Å². The first kappa shape index (κ1) is 21.7. The highest BCUT2D eigenvalue weighted by Crippen LogP contribution is 2.35. The molecule has 1 N–H and O–H groups in total. The van der Waals surface area contributed by atoms with Crippen LogP contribution >= 0.6 is 0 Å². The van der Waals surface area contributed by atoms with Crippen LogP contribution in [0.4, 0.5) is 28.4 Å². The minimum atomic E-state index is 1.14. The maximum Gasteiger partial charge on any atom is 0.136 e. The molecular formula is C32H29N2+. The van der Waals surface area contributed by atoms with E-state index < -0.39 is 0 Å². The highest BCUT2D eigenvalue weighted by atomic mass is 15.1. The third-order valence-corrected chi connectivity index (χ3v) is 6.26. The average Bonchev–Trinajstić information content (AvgIpc) is 2.90. The van der Waals surface area contributed by atoms with E-state index in [0.29, 0.717) is 0 Å². The van der Waals surface area contributed by atoms with Gasteiger partial charge < -0.3 is 4.90 Å². The molecule has 166 valence electrons. The highest BCUT2D eigenvalue weighted by molar-refractivity contribution is 5.78. The first-order chi connectivity index (χ1) is 16.7. The summed E-state index contributed by atoms with van der Waals surface area (Å²) in [5.74, 6) is 0. The third-order valence-electron chi connectivity index (χ3n) is 6.26. The number of aryl methyl sites for hydroxylation is 1. The van der Waals surface area contributed by atoms with Crippen molar-refractivity contribution in [1.29, 1.82) is 0 Å². The van der Waals surface area contributed by atoms with E-state index in [1.807, 2.05) is 0 Å². The molecule has 0 aliphatic rings. The van der Waals surface area contributed by atoms with Gasteiger partial charge in [-0.2, -0.15) is 0 Å². The number of hydrogen-bond donors (Lipinski definition) is 1. The van der Waals surface area contributed by atoms with Gasteiger partial charge in [0, 0.05) is 35.3 Å². The van der Waals surface area contributed by atoms with E-state index in [4.69, 9.17) is 0 Å². The predicted molar refractivity (Wildman–Crippen MR) is 144 cm³/mol. The number of nitrogens with zero attached hydrogens (tertiary/aromatic N) is 1. The van der Waals surface area contributed by atoms with E-state index in [1.165, 1.54) is 33.0 Å². The molecule has 5 aromatic rings. The molecule has 0 aliphatic heterocycles. The average molecular weight is 442 g/mol. The van der Waals surface area contributed by atoms with E-state index in [1.54, 1.807) is 0 Å². The summed E-state index contributed by atoms with van der Waals surface area (Å²) in [4.78, 5) is 3.59. The Morgan fingerprint density at radius 3 is 1.62 bits per heavy atom. The van der Waals surface area contributed by atoms with Gasteiger partial charge in [-0.15, -0.1) is 0 Å². The van der Waals surface area contributed by atoms with E-state index in [2.05, 4.69) is 152 Å². The van der Waals surface area contributed by atoms with Crippen LogP contribution in [0.3, 0.4) is 0 Å². The molecule has 0 saturated heterocycles. The van der Waals surface area contributed by atoms with Crippen molar-refractivity contribution in [1.82, 2.24) is 0 Å². The number of anilines is 3. The Labute approximate surface area is 202 Å². The van der Waals surface area contributed by atoms with Crippen LogP contribution in [-0.4, -0.2) is 7.05 Å². The smallest absolute Gasteiger partial charge is 0.136 e. The lowest BCUT2D eigenvalue weighted by molar-refractivity contribution is -0.735. The van der Waals surface area contributed by atoms with Gasteiger partial charge in [-0.25, -0.2) is 0 Å². The number of benzene rings is 5. The van der Waals surface area contributed by atoms with Gasteiger partial charge in [0.15, 0.2) is 0 Å². The van der Waals surface area contributed by atoms with Gasteiger partial charge >= 0.3 is 0 Å². The second kappa shape index (κ2) is 9.78. The Kier molecular flexibility index (Phi) is 6.24. The largest absolute Gasteiger partial charge is 0.310 e. The maximum absolute atomic E-state index is 2.31. The molecule has 0 amide bonds. The molecule has 0 radical (unpaired) electrons. The summed E-state index contributed by atoms with van der Waals surface area (Å²) in [6.45, 7) is 2.14. The van der Waals surface area contributed by atoms with E-state index in [0.717, 1.165) is 17.1 Å². The van der Waals surface area contributed by atoms with E-state index >= 15 is 0 Å². The molecule has 5 aromatic carbocycles. The fraction of sp³-hybridized carbons (Fsp3) is 0.0625. The molecule has 5 rings (SSSR count). The van der Waals surface area contributed by atoms with Crippen molar-refractivity contribution in [3.8, 4) is 11.1 Å². The Bertz CT molecular complexity index is 1340. The van der Waals surface area contributed by atoms with Gasteiger partial charge in [-0.1, -0.05) is 72.8 Å². The van der Waals surface area contributed by atoms with Crippen LogP contribution in [0.5, 0.6) is 0 Å². The van der Waals surface area contributed by atoms with Crippen LogP contribution < -0.4 is 9.80 Å². The predicted octanol–water partition coefficient (Wildman–Crippen LogP) is 7.61. The van der Waals surface area contributed by atoms with Crippen molar-refractivity contribution in [3.63, 3.8) is 0 Å². The standard InChI is InChI=1S/C32H28N2/c1-25-10-9-15-32(24-25)33(2)28-20-22-31(23-21-28)34(29-13-7-4-8-14-29)30-18-16-27(17-19-30)26-11-5-3-6-12-26/h3-24H,1-2H3/p+1. The zero-order valence-electron chi connectivity index (χ0n) is 19.6. The Morgan fingerprint density at radius 2 is 1.00 bits per heavy atom. The Hall–Kier alpha value is -4.14. The molecule has 1 atom stereocenters. The summed E-state index contributed by atoms with van der Waals surface area (Å²) >= 11 is 0. The summed E-state index contributed by atoms with van der Waals surface area (Å²) in [6, 6.07) is 47.4. The Balaban J connectivity index is 1.48. The van der Waals surface area contributed by atoms with Gasteiger partial charge in [0.05, 0.1) is 7.05 Å². The summed E-state index contributed by atoms with van der Waals surface area (Å²) < 4.78 is 0. The van der Waals surface area contributed by atoms with E-state index in [9.17, 15) is 0 Å². The number of hydrogen-bond acceptors (Lipinski definition) is 1. The molecule has 0 aromatic heterocycles. The summed E-state index contributed by atoms with van der Waals surface area (Å²) in [6.07, 6.45) is 0. The molecule has 0 spiro atoms. The number of quaternary nitrogens is 1. The van der Waals surface area contributed by atoms with E-state index in [-0.39, 0.29) is 0 Å². The molecule has 2 heteroatoms. The van der Waals surface area contributed by atoms with Gasteiger partial charge in [-0.05, 0) is 66.1 Å². The minimum absolute atomic E-state index is 1.14. The summed E-state index contributed by atoms with van der Waals surface area (Å²) in [7, 11) is 2.20. The molecule has 0 fully saturated rings. The van der Waals surface area contributed by atoms with Crippen molar-refractivity contribution in [3.05, 3.63) is 139 Å². The zero-order chi connectivity index (χ0) is 23.3. The monoisotopic (exact) mass is 441 g/mol. The Morgan fingerprint density at radius 1 is 0.471 bits per heavy atom. The molecular weight excluding hydrogens is 412 g/mol. The van der Waals surface area contributed by atoms with Crippen LogP contribution in [0.1, 0.15) is 5.56 Å². The topological polar surface area (TPSA) is 7.68 Å². The molecule has 0 aliphatic carbocycles. The van der Waals surface area contributed by atoms with Crippen LogP contribution in [0.25, 0.3) is 11.1 Å². The molecule has 0 saturated carbocycles. The number of para-hydroxylation sites is 1. The summed E-state index contributed by atoms with van der Waals surface area (Å²) in [5.41, 5.74) is 9.65. The fourth-order valence-electron chi connectivity index (χ4n) is 4.36. The second-order valence-electron chi connectivity index (χ2n) is 8.63. The highest BCUT2D eigenvalue weighted by Gasteiger charge is 2.15. The molecule has 34 heavy (non-hydrogen) atoms. The summed E-state index contributed by atoms with van der Waals surface area (Å²) in [5, 5.41) is 0. The number of rotatable bonds is 6. The van der Waals surface area contributed by atoms with Crippen molar-refractivity contribution < 1.29 is 4.90 Å². The number of nitrogens with one attached hydrogen (secondary N) is 1. The van der Waals surface area contributed by atoms with Gasteiger partial charge in [-0.3, -0.25) is 4.90 Å². The second-order valence-corrected chi connectivity index (χ2v) is 8.63. The maximum atomic E-state index is 2.31. The van der Waals surface area contributed by atoms with Crippen molar-refractivity contribution in [2.75, 3.05) is 11.9 Å². The lowest BCUT2D eigenvalue weighted by Crippen LogP contribution is -2.98. The minimum Gasteiger partial charge on any atom is -0.310 e. The lowest BCUT2D eigenvalue weighted by atomic mass is 10.0. The molecule has 1 unspecified atom stereocenters. The van der Waals surface area contributed by atoms with Crippen LogP contribution in [0, 0.1) is 6.92 Å². The SMILES string of the molecule is Cc1cccc([NH+](C)c2ccc(N(c3ccccc3)c3ccc(-c4ccccc4)cc3)cc2)c1. The van der Waals surface area contributed by atoms with Crippen LogP contribution in [0.2, 0.25) is 0 Å². The van der Waals surface area contributed by atoms with Crippen molar-refractivity contribution in [2.45, 2.75) is 6.92 Å². The third kappa shape index (κ3) is 4.63. The van der Waals surface area contributed by atoms with Crippen LogP contribution in [-0.2, 0) is 0 Å². The first-order valence-electron chi connectivity index (χ1n) is 11.7. The van der Waals surface area contributed by atoms with Crippen molar-refractivity contribution >= 4 is 28.4 Å². The van der Waals surface area contributed by atoms with Gasteiger partial charge in [0.25, 0.3) is 0 Å². The quantitative estimate of drug-likeness (QED) is 0.285. The van der Waals surface area contributed by atoms with Gasteiger partial charge in [0.2, 0.25) is 0 Å². The normalized spacial score (nSPS) is 11.7. The fourth-order valence-corrected chi connectivity index (χ4v) is 4.36. The van der Waals surface area contributed by atoms with Crippen molar-refractivity contribution in [2.24, 2.45) is 0 Å². The molecule has 0 heterocycles.